The number of ether oxygens (including phenoxy) is 1. The molecule has 0 atom stereocenters. The van der Waals surface area contributed by atoms with Crippen LogP contribution in [0.1, 0.15) is 25.7 Å². The molecule has 1 aromatic carbocycles. The molecule has 1 aliphatic heterocycles. The molecule has 1 heterocycles. The number of benzene rings is 1. The van der Waals surface area contributed by atoms with Crippen LogP contribution in [-0.4, -0.2) is 50.3 Å². The van der Waals surface area contributed by atoms with Gasteiger partial charge in [0.1, 0.15) is 0 Å². The van der Waals surface area contributed by atoms with Crippen LogP contribution in [0.15, 0.2) is 30.3 Å². The van der Waals surface area contributed by atoms with Gasteiger partial charge >= 0.3 is 0 Å². The zero-order valence-electron chi connectivity index (χ0n) is 12.5. The van der Waals surface area contributed by atoms with Gasteiger partial charge in [-0.25, -0.2) is 0 Å². The van der Waals surface area contributed by atoms with Gasteiger partial charge in [-0.3, -0.25) is 4.90 Å². The lowest BCUT2D eigenvalue weighted by molar-refractivity contribution is 0.0371. The minimum atomic E-state index is 0.511. The molecular formula is C17H26N2O. The Kier molecular flexibility index (Phi) is 4.58. The van der Waals surface area contributed by atoms with Crippen molar-refractivity contribution in [3.8, 4) is 0 Å². The number of rotatable bonds is 3. The van der Waals surface area contributed by atoms with Crippen LogP contribution in [0.25, 0.3) is 0 Å². The van der Waals surface area contributed by atoms with Gasteiger partial charge in [0.05, 0.1) is 6.10 Å². The molecule has 1 aliphatic carbocycles. The van der Waals surface area contributed by atoms with E-state index in [0.717, 1.165) is 19.1 Å². The van der Waals surface area contributed by atoms with E-state index in [1.165, 1.54) is 44.5 Å². The number of hydrogen-bond donors (Lipinski definition) is 0. The molecule has 1 saturated heterocycles. The SMILES string of the molecule is COC1CCC(N2CCN(c3ccccc3)CC2)CC1. The van der Waals surface area contributed by atoms with E-state index in [1.54, 1.807) is 0 Å². The molecule has 1 saturated carbocycles. The van der Waals surface area contributed by atoms with Crippen LogP contribution in [0, 0.1) is 0 Å². The predicted octanol–water partition coefficient (Wildman–Crippen LogP) is 2.77. The first-order chi connectivity index (χ1) is 9.86. The molecule has 1 aromatic rings. The molecule has 0 N–H and O–H groups in total. The minimum Gasteiger partial charge on any atom is -0.381 e. The van der Waals surface area contributed by atoms with E-state index < -0.39 is 0 Å². The van der Waals surface area contributed by atoms with E-state index in [2.05, 4.69) is 40.1 Å². The topological polar surface area (TPSA) is 15.7 Å². The van der Waals surface area contributed by atoms with Crippen molar-refractivity contribution < 1.29 is 4.74 Å². The number of para-hydroxylation sites is 1. The van der Waals surface area contributed by atoms with Gasteiger partial charge in [0, 0.05) is 45.0 Å². The lowest BCUT2D eigenvalue weighted by Gasteiger charge is -2.42. The average Bonchev–Trinajstić information content (AvgIpc) is 2.56. The highest BCUT2D eigenvalue weighted by atomic mass is 16.5. The van der Waals surface area contributed by atoms with Crippen LogP contribution >= 0.6 is 0 Å². The first kappa shape index (κ1) is 13.9. The Morgan fingerprint density at radius 2 is 1.55 bits per heavy atom. The van der Waals surface area contributed by atoms with Crippen LogP contribution in [-0.2, 0) is 4.74 Å². The second kappa shape index (κ2) is 6.59. The van der Waals surface area contributed by atoms with Crippen molar-refractivity contribution in [3.05, 3.63) is 30.3 Å². The summed E-state index contributed by atoms with van der Waals surface area (Å²) >= 11 is 0. The summed E-state index contributed by atoms with van der Waals surface area (Å²) in [6.07, 6.45) is 5.60. The Morgan fingerprint density at radius 1 is 0.900 bits per heavy atom. The maximum atomic E-state index is 5.47. The van der Waals surface area contributed by atoms with Crippen molar-refractivity contribution in [2.45, 2.75) is 37.8 Å². The fourth-order valence-corrected chi connectivity index (χ4v) is 3.63. The molecule has 20 heavy (non-hydrogen) atoms. The second-order valence-corrected chi connectivity index (χ2v) is 6.02. The second-order valence-electron chi connectivity index (χ2n) is 6.02. The number of piperazine rings is 1. The van der Waals surface area contributed by atoms with Crippen molar-refractivity contribution >= 4 is 5.69 Å². The summed E-state index contributed by atoms with van der Waals surface area (Å²) < 4.78 is 5.47. The Labute approximate surface area is 122 Å². The average molecular weight is 274 g/mol. The first-order valence-electron chi connectivity index (χ1n) is 7.93. The van der Waals surface area contributed by atoms with E-state index in [1.807, 2.05) is 7.11 Å². The first-order valence-corrected chi connectivity index (χ1v) is 7.93. The molecule has 0 unspecified atom stereocenters. The number of methoxy groups -OCH3 is 1. The van der Waals surface area contributed by atoms with Gasteiger partial charge in [-0.15, -0.1) is 0 Å². The highest BCUT2D eigenvalue weighted by molar-refractivity contribution is 5.46. The fraction of sp³-hybridized carbons (Fsp3) is 0.647. The number of nitrogens with zero attached hydrogens (tertiary/aromatic N) is 2. The Bertz CT molecular complexity index is 393. The predicted molar refractivity (Wildman–Crippen MR) is 83.3 cm³/mol. The summed E-state index contributed by atoms with van der Waals surface area (Å²) in [7, 11) is 1.85. The van der Waals surface area contributed by atoms with Crippen LogP contribution in [0.3, 0.4) is 0 Å². The molecule has 2 aliphatic rings. The highest BCUT2D eigenvalue weighted by Gasteiger charge is 2.28. The van der Waals surface area contributed by atoms with Gasteiger partial charge in [-0.2, -0.15) is 0 Å². The summed E-state index contributed by atoms with van der Waals surface area (Å²) in [5.41, 5.74) is 1.37. The minimum absolute atomic E-state index is 0.511. The molecule has 0 bridgehead atoms. The maximum absolute atomic E-state index is 5.47. The standard InChI is InChI=1S/C17H26N2O/c1-20-17-9-7-16(8-10-17)19-13-11-18(12-14-19)15-5-3-2-4-6-15/h2-6,16-17H,7-14H2,1H3. The Balaban J connectivity index is 1.49. The Morgan fingerprint density at radius 3 is 2.15 bits per heavy atom. The quantitative estimate of drug-likeness (QED) is 0.843. The summed E-state index contributed by atoms with van der Waals surface area (Å²) in [5, 5.41) is 0. The molecule has 0 radical (unpaired) electrons. The third kappa shape index (κ3) is 3.15. The largest absolute Gasteiger partial charge is 0.381 e. The fourth-order valence-electron chi connectivity index (χ4n) is 3.63. The van der Waals surface area contributed by atoms with E-state index in [0.29, 0.717) is 6.10 Å². The molecule has 0 aromatic heterocycles. The molecular weight excluding hydrogens is 248 g/mol. The number of hydrogen-bond acceptors (Lipinski definition) is 3. The van der Waals surface area contributed by atoms with Crippen LogP contribution in [0.5, 0.6) is 0 Å². The van der Waals surface area contributed by atoms with Gasteiger partial charge in [0.2, 0.25) is 0 Å². The molecule has 0 amide bonds. The third-order valence-electron chi connectivity index (χ3n) is 4.93. The third-order valence-corrected chi connectivity index (χ3v) is 4.93. The highest BCUT2D eigenvalue weighted by Crippen LogP contribution is 2.26. The van der Waals surface area contributed by atoms with Crippen molar-refractivity contribution in [2.24, 2.45) is 0 Å². The Hall–Kier alpha value is -1.06. The molecule has 3 nitrogen and oxygen atoms in total. The molecule has 110 valence electrons. The maximum Gasteiger partial charge on any atom is 0.0572 e. The van der Waals surface area contributed by atoms with Crippen molar-refractivity contribution in [1.29, 1.82) is 0 Å². The normalized spacial score (nSPS) is 28.6. The van der Waals surface area contributed by atoms with Gasteiger partial charge in [-0.1, -0.05) is 18.2 Å². The van der Waals surface area contributed by atoms with Gasteiger partial charge in [0.15, 0.2) is 0 Å². The summed E-state index contributed by atoms with van der Waals surface area (Å²) in [5.74, 6) is 0. The monoisotopic (exact) mass is 274 g/mol. The molecule has 2 fully saturated rings. The summed E-state index contributed by atoms with van der Waals surface area (Å²) in [4.78, 5) is 5.21. The molecule has 3 rings (SSSR count). The van der Waals surface area contributed by atoms with Crippen molar-refractivity contribution in [3.63, 3.8) is 0 Å². The lowest BCUT2D eigenvalue weighted by Crippen LogP contribution is -2.51. The van der Waals surface area contributed by atoms with E-state index in [4.69, 9.17) is 4.74 Å². The van der Waals surface area contributed by atoms with Crippen molar-refractivity contribution in [2.75, 3.05) is 38.2 Å². The van der Waals surface area contributed by atoms with E-state index in [9.17, 15) is 0 Å². The van der Waals surface area contributed by atoms with Crippen LogP contribution in [0.4, 0.5) is 5.69 Å². The summed E-state index contributed by atoms with van der Waals surface area (Å²) in [6.45, 7) is 4.73. The zero-order chi connectivity index (χ0) is 13.8. The molecule has 3 heteroatoms. The van der Waals surface area contributed by atoms with Gasteiger partial charge in [-0.05, 0) is 37.8 Å². The van der Waals surface area contributed by atoms with Crippen molar-refractivity contribution in [1.82, 2.24) is 4.90 Å². The lowest BCUT2D eigenvalue weighted by atomic mass is 9.91. The van der Waals surface area contributed by atoms with Gasteiger partial charge < -0.3 is 9.64 Å². The van der Waals surface area contributed by atoms with E-state index in [-0.39, 0.29) is 0 Å². The number of anilines is 1. The zero-order valence-corrected chi connectivity index (χ0v) is 12.5. The van der Waals surface area contributed by atoms with Gasteiger partial charge in [0.25, 0.3) is 0 Å². The smallest absolute Gasteiger partial charge is 0.0572 e. The van der Waals surface area contributed by atoms with Crippen LogP contribution < -0.4 is 4.90 Å². The summed E-state index contributed by atoms with van der Waals surface area (Å²) in [6, 6.07) is 11.6. The molecule has 0 spiro atoms. The van der Waals surface area contributed by atoms with Crippen LogP contribution in [0.2, 0.25) is 0 Å². The van der Waals surface area contributed by atoms with E-state index >= 15 is 0 Å².